The van der Waals surface area contributed by atoms with E-state index in [2.05, 4.69) is 23.3 Å². The molecule has 1 N–H and O–H groups in total. The van der Waals surface area contributed by atoms with Crippen LogP contribution in [0.25, 0.3) is 0 Å². The third-order valence-electron chi connectivity index (χ3n) is 5.75. The average Bonchev–Trinajstić information content (AvgIpc) is 2.89. The van der Waals surface area contributed by atoms with E-state index in [-0.39, 0.29) is 0 Å². The molecule has 0 bridgehead atoms. The Morgan fingerprint density at radius 3 is 2.45 bits per heavy atom. The monoisotopic (exact) mass is 297 g/mol. The summed E-state index contributed by atoms with van der Waals surface area (Å²) in [5.41, 5.74) is 0.293. The molecule has 1 heterocycles. The summed E-state index contributed by atoms with van der Waals surface area (Å²) in [4.78, 5) is 0. The summed E-state index contributed by atoms with van der Waals surface area (Å²) in [6.45, 7) is 1.09. The second-order valence-electron chi connectivity index (χ2n) is 7.14. The van der Waals surface area contributed by atoms with Crippen LogP contribution in [0.5, 0.6) is 0 Å². The van der Waals surface area contributed by atoms with E-state index < -0.39 is 0 Å². The summed E-state index contributed by atoms with van der Waals surface area (Å²) >= 11 is 2.05. The van der Waals surface area contributed by atoms with Crippen LogP contribution in [0.3, 0.4) is 0 Å². The van der Waals surface area contributed by atoms with Crippen LogP contribution >= 0.6 is 11.8 Å². The zero-order valence-electron chi connectivity index (χ0n) is 13.0. The summed E-state index contributed by atoms with van der Waals surface area (Å²) in [5, 5.41) is 4.71. The lowest BCUT2D eigenvalue weighted by Crippen LogP contribution is -2.40. The van der Waals surface area contributed by atoms with Crippen molar-refractivity contribution in [1.29, 1.82) is 0 Å². The van der Waals surface area contributed by atoms with Crippen LogP contribution in [0, 0.1) is 0 Å². The molecule has 0 amide bonds. The van der Waals surface area contributed by atoms with Gasteiger partial charge in [-0.25, -0.2) is 0 Å². The van der Waals surface area contributed by atoms with Crippen molar-refractivity contribution in [3.8, 4) is 0 Å². The highest BCUT2D eigenvalue weighted by molar-refractivity contribution is 7.99. The largest absolute Gasteiger partial charge is 0.370 e. The minimum Gasteiger partial charge on any atom is -0.370 e. The molecule has 0 aromatic rings. The lowest BCUT2D eigenvalue weighted by molar-refractivity contribution is -0.0631. The van der Waals surface area contributed by atoms with E-state index in [0.29, 0.717) is 11.7 Å². The van der Waals surface area contributed by atoms with E-state index in [9.17, 15) is 0 Å². The third-order valence-corrected chi connectivity index (χ3v) is 6.88. The van der Waals surface area contributed by atoms with E-state index in [1.165, 1.54) is 70.6 Å². The normalized spacial score (nSPS) is 37.4. The molecule has 3 heteroatoms. The van der Waals surface area contributed by atoms with Crippen molar-refractivity contribution < 1.29 is 4.74 Å². The minimum absolute atomic E-state index is 0.293. The van der Waals surface area contributed by atoms with Crippen LogP contribution in [0.4, 0.5) is 0 Å². The number of ether oxygens (including phenoxy) is 1. The standard InChI is InChI=1S/C17H31NOS/c1-20-16-7-5-14(6-8-16)18-13-15-9-12-17(19-15)10-3-2-4-11-17/h14-16,18H,2-13H2,1H3. The summed E-state index contributed by atoms with van der Waals surface area (Å²) < 4.78 is 6.46. The van der Waals surface area contributed by atoms with E-state index in [4.69, 9.17) is 4.74 Å². The molecule has 1 aliphatic heterocycles. The maximum atomic E-state index is 6.46. The Balaban J connectivity index is 1.37. The van der Waals surface area contributed by atoms with Crippen LogP contribution in [-0.2, 0) is 4.74 Å². The minimum atomic E-state index is 0.293. The lowest BCUT2D eigenvalue weighted by Gasteiger charge is -2.34. The van der Waals surface area contributed by atoms with Crippen LogP contribution in [-0.4, -0.2) is 35.8 Å². The van der Waals surface area contributed by atoms with Crippen molar-refractivity contribution in [3.05, 3.63) is 0 Å². The Bertz CT molecular complexity index is 295. The topological polar surface area (TPSA) is 21.3 Å². The van der Waals surface area contributed by atoms with Gasteiger partial charge < -0.3 is 10.1 Å². The highest BCUT2D eigenvalue weighted by Crippen LogP contribution is 2.41. The summed E-state index contributed by atoms with van der Waals surface area (Å²) in [6.07, 6.45) is 17.7. The quantitative estimate of drug-likeness (QED) is 0.843. The number of hydrogen-bond acceptors (Lipinski definition) is 3. The zero-order chi connectivity index (χ0) is 13.8. The van der Waals surface area contributed by atoms with Gasteiger partial charge in [0.1, 0.15) is 0 Å². The van der Waals surface area contributed by atoms with E-state index >= 15 is 0 Å². The molecule has 2 saturated carbocycles. The molecule has 2 aliphatic carbocycles. The van der Waals surface area contributed by atoms with Gasteiger partial charge in [0.15, 0.2) is 0 Å². The zero-order valence-corrected chi connectivity index (χ0v) is 13.9. The smallest absolute Gasteiger partial charge is 0.0708 e. The van der Waals surface area contributed by atoms with Crippen molar-refractivity contribution in [1.82, 2.24) is 5.32 Å². The van der Waals surface area contributed by atoms with Crippen LogP contribution in [0.15, 0.2) is 0 Å². The van der Waals surface area contributed by atoms with Gasteiger partial charge in [0, 0.05) is 17.8 Å². The Labute approximate surface area is 128 Å². The molecule has 3 aliphatic rings. The van der Waals surface area contributed by atoms with Gasteiger partial charge in [-0.05, 0) is 57.6 Å². The van der Waals surface area contributed by atoms with E-state index in [1.807, 2.05) is 0 Å². The Morgan fingerprint density at radius 2 is 1.75 bits per heavy atom. The first-order valence-corrected chi connectivity index (χ1v) is 10.0. The molecule has 3 rings (SSSR count). The Kier molecular flexibility index (Phi) is 5.33. The SMILES string of the molecule is CSC1CCC(NCC2CCC3(CCCCC3)O2)CC1. The number of thioether (sulfide) groups is 1. The first kappa shape index (κ1) is 15.2. The maximum Gasteiger partial charge on any atom is 0.0708 e. The van der Waals surface area contributed by atoms with E-state index in [0.717, 1.165) is 17.8 Å². The molecule has 116 valence electrons. The van der Waals surface area contributed by atoms with Gasteiger partial charge >= 0.3 is 0 Å². The molecule has 0 aromatic heterocycles. The predicted molar refractivity (Wildman–Crippen MR) is 87.5 cm³/mol. The molecular formula is C17H31NOS. The first-order valence-electron chi connectivity index (χ1n) is 8.74. The summed E-state index contributed by atoms with van der Waals surface area (Å²) in [6, 6.07) is 0.755. The highest BCUT2D eigenvalue weighted by Gasteiger charge is 2.40. The summed E-state index contributed by atoms with van der Waals surface area (Å²) in [7, 11) is 0. The van der Waals surface area contributed by atoms with Gasteiger partial charge in [-0.3, -0.25) is 0 Å². The predicted octanol–water partition coefficient (Wildman–Crippen LogP) is 4.13. The number of rotatable bonds is 4. The van der Waals surface area contributed by atoms with Gasteiger partial charge in [0.25, 0.3) is 0 Å². The average molecular weight is 298 g/mol. The van der Waals surface area contributed by atoms with Crippen LogP contribution in [0.1, 0.15) is 70.6 Å². The Morgan fingerprint density at radius 1 is 1.00 bits per heavy atom. The van der Waals surface area contributed by atoms with Crippen molar-refractivity contribution >= 4 is 11.8 Å². The first-order chi connectivity index (χ1) is 9.80. The molecule has 1 spiro atoms. The molecule has 0 aromatic carbocycles. The molecule has 0 radical (unpaired) electrons. The number of nitrogens with one attached hydrogen (secondary N) is 1. The van der Waals surface area contributed by atoms with Gasteiger partial charge in [-0.15, -0.1) is 0 Å². The van der Waals surface area contributed by atoms with Crippen molar-refractivity contribution in [2.24, 2.45) is 0 Å². The fourth-order valence-corrected chi connectivity index (χ4v) is 5.15. The van der Waals surface area contributed by atoms with E-state index in [1.54, 1.807) is 0 Å². The van der Waals surface area contributed by atoms with Gasteiger partial charge in [-0.1, -0.05) is 19.3 Å². The molecule has 1 saturated heterocycles. The highest BCUT2D eigenvalue weighted by atomic mass is 32.2. The Hall–Kier alpha value is 0.270. The summed E-state index contributed by atoms with van der Waals surface area (Å²) in [5.74, 6) is 0. The molecule has 1 unspecified atom stereocenters. The molecule has 3 fully saturated rings. The fraction of sp³-hybridized carbons (Fsp3) is 1.00. The number of hydrogen-bond donors (Lipinski definition) is 1. The second-order valence-corrected chi connectivity index (χ2v) is 8.28. The van der Waals surface area contributed by atoms with Crippen molar-refractivity contribution in [2.45, 2.75) is 93.6 Å². The molecule has 1 atom stereocenters. The van der Waals surface area contributed by atoms with Crippen LogP contribution < -0.4 is 5.32 Å². The third kappa shape index (κ3) is 3.72. The molecule has 20 heavy (non-hydrogen) atoms. The maximum absolute atomic E-state index is 6.46. The van der Waals surface area contributed by atoms with Gasteiger partial charge in [-0.2, -0.15) is 11.8 Å². The lowest BCUT2D eigenvalue weighted by atomic mass is 9.83. The molecule has 2 nitrogen and oxygen atoms in total. The fourth-order valence-electron chi connectivity index (χ4n) is 4.40. The second kappa shape index (κ2) is 7.02. The van der Waals surface area contributed by atoms with Gasteiger partial charge in [0.05, 0.1) is 11.7 Å². The van der Waals surface area contributed by atoms with Crippen molar-refractivity contribution in [2.75, 3.05) is 12.8 Å². The van der Waals surface area contributed by atoms with Gasteiger partial charge in [0.2, 0.25) is 0 Å². The molecular weight excluding hydrogens is 266 g/mol. The van der Waals surface area contributed by atoms with Crippen LogP contribution in [0.2, 0.25) is 0 Å². The van der Waals surface area contributed by atoms with Crippen molar-refractivity contribution in [3.63, 3.8) is 0 Å².